The molecule has 3 aromatic rings. The number of hydrogen-bond donors (Lipinski definition) is 0. The Morgan fingerprint density at radius 1 is 0.667 bits per heavy atom. The van der Waals surface area contributed by atoms with Gasteiger partial charge in [0.1, 0.15) is 0 Å². The lowest BCUT2D eigenvalue weighted by atomic mass is 9.78. The fraction of sp³-hybridized carbons (Fsp3) is 0.375. The summed E-state index contributed by atoms with van der Waals surface area (Å²) >= 11 is 0. The van der Waals surface area contributed by atoms with Crippen molar-refractivity contribution in [1.82, 2.24) is 15.0 Å². The third kappa shape index (κ3) is 3.78. The molecule has 0 aliphatic carbocycles. The quantitative estimate of drug-likeness (QED) is 0.591. The molecule has 0 aromatic carbocycles. The van der Waals surface area contributed by atoms with Gasteiger partial charge >= 0.3 is 0 Å². The van der Waals surface area contributed by atoms with Crippen LogP contribution in [0.4, 0.5) is 0 Å². The van der Waals surface area contributed by atoms with E-state index in [9.17, 15) is 0 Å². The van der Waals surface area contributed by atoms with Crippen molar-refractivity contribution in [3.63, 3.8) is 0 Å². The zero-order chi connectivity index (χ0) is 19.7. The van der Waals surface area contributed by atoms with Crippen LogP contribution in [0, 0.1) is 0 Å². The molecule has 0 N–H and O–H groups in total. The number of rotatable bonds is 5. The Labute approximate surface area is 162 Å². The summed E-state index contributed by atoms with van der Waals surface area (Å²) in [6, 6.07) is 12.8. The zero-order valence-corrected chi connectivity index (χ0v) is 17.2. The van der Waals surface area contributed by atoms with Gasteiger partial charge in [-0.25, -0.2) is 0 Å². The molecule has 0 aliphatic rings. The van der Waals surface area contributed by atoms with E-state index in [1.807, 2.05) is 24.8 Å². The van der Waals surface area contributed by atoms with Crippen LogP contribution in [0.1, 0.15) is 75.5 Å². The molecule has 0 radical (unpaired) electrons. The Bertz CT molecular complexity index is 877. The van der Waals surface area contributed by atoms with Gasteiger partial charge in [0.05, 0.1) is 5.69 Å². The molecule has 0 spiro atoms. The summed E-state index contributed by atoms with van der Waals surface area (Å²) in [7, 11) is 0. The number of aromatic nitrogens is 3. The van der Waals surface area contributed by atoms with E-state index in [-0.39, 0.29) is 10.8 Å². The van der Waals surface area contributed by atoms with Crippen molar-refractivity contribution in [2.45, 2.75) is 58.3 Å². The maximum Gasteiger partial charge on any atom is 0.0503 e. The molecular formula is C24H29N3. The average Bonchev–Trinajstić information content (AvgIpc) is 2.69. The Morgan fingerprint density at radius 2 is 1.26 bits per heavy atom. The molecule has 0 saturated heterocycles. The number of hydrogen-bond acceptors (Lipinski definition) is 3. The van der Waals surface area contributed by atoms with Crippen LogP contribution in [-0.4, -0.2) is 15.0 Å². The molecule has 3 heterocycles. The van der Waals surface area contributed by atoms with Crippen LogP contribution in [0.5, 0.6) is 0 Å². The molecule has 3 aromatic heterocycles. The molecule has 0 atom stereocenters. The first-order valence-corrected chi connectivity index (χ1v) is 9.57. The molecule has 0 amide bonds. The molecule has 0 saturated carbocycles. The summed E-state index contributed by atoms with van der Waals surface area (Å²) in [4.78, 5) is 13.6. The van der Waals surface area contributed by atoms with Crippen molar-refractivity contribution in [1.29, 1.82) is 0 Å². The van der Waals surface area contributed by atoms with E-state index in [0.29, 0.717) is 5.92 Å². The van der Waals surface area contributed by atoms with Gasteiger partial charge < -0.3 is 0 Å². The monoisotopic (exact) mass is 359 g/mol. The van der Waals surface area contributed by atoms with Crippen LogP contribution in [0.2, 0.25) is 0 Å². The van der Waals surface area contributed by atoms with Crippen molar-refractivity contribution in [2.24, 2.45) is 0 Å². The number of nitrogens with zero attached hydrogens (tertiary/aromatic N) is 3. The highest BCUT2D eigenvalue weighted by Crippen LogP contribution is 2.34. The molecule has 140 valence electrons. The summed E-state index contributed by atoms with van der Waals surface area (Å²) < 4.78 is 0. The van der Waals surface area contributed by atoms with Gasteiger partial charge in [0, 0.05) is 41.3 Å². The van der Waals surface area contributed by atoms with E-state index >= 15 is 0 Å². The van der Waals surface area contributed by atoms with E-state index in [1.165, 1.54) is 16.7 Å². The molecule has 0 fully saturated rings. The van der Waals surface area contributed by atoms with Gasteiger partial charge in [0.25, 0.3) is 0 Å². The molecule has 0 aliphatic heterocycles. The minimum atomic E-state index is -0.161. The van der Waals surface area contributed by atoms with E-state index in [4.69, 9.17) is 4.98 Å². The van der Waals surface area contributed by atoms with Crippen molar-refractivity contribution in [3.8, 4) is 0 Å². The van der Waals surface area contributed by atoms with E-state index in [1.54, 1.807) is 0 Å². The van der Waals surface area contributed by atoms with Crippen LogP contribution in [-0.2, 0) is 10.8 Å². The fourth-order valence-corrected chi connectivity index (χ4v) is 3.33. The summed E-state index contributed by atoms with van der Waals surface area (Å²) in [5.74, 6) is 0.443. The largest absolute Gasteiger partial charge is 0.265 e. The summed E-state index contributed by atoms with van der Waals surface area (Å²) in [5, 5.41) is 0. The summed E-state index contributed by atoms with van der Waals surface area (Å²) in [5.41, 5.74) is 5.49. The summed E-state index contributed by atoms with van der Waals surface area (Å²) in [6.07, 6.45) is 7.68. The normalized spacial score (nSPS) is 12.4. The van der Waals surface area contributed by atoms with Crippen molar-refractivity contribution >= 4 is 0 Å². The molecule has 3 heteroatoms. The van der Waals surface area contributed by atoms with Crippen molar-refractivity contribution in [2.75, 3.05) is 0 Å². The Morgan fingerprint density at radius 3 is 1.74 bits per heavy atom. The van der Waals surface area contributed by atoms with Gasteiger partial charge in [0.2, 0.25) is 0 Å². The smallest absolute Gasteiger partial charge is 0.0503 e. The molecule has 0 unspecified atom stereocenters. The van der Waals surface area contributed by atoms with Crippen LogP contribution in [0.25, 0.3) is 0 Å². The minimum absolute atomic E-state index is 0.144. The minimum Gasteiger partial charge on any atom is -0.265 e. The van der Waals surface area contributed by atoms with Crippen LogP contribution in [0.15, 0.2) is 61.2 Å². The number of pyridine rings is 3. The second-order valence-corrected chi connectivity index (χ2v) is 8.54. The van der Waals surface area contributed by atoms with Gasteiger partial charge in [0.15, 0.2) is 0 Å². The third-order valence-electron chi connectivity index (χ3n) is 5.63. The van der Waals surface area contributed by atoms with Crippen LogP contribution < -0.4 is 0 Å². The van der Waals surface area contributed by atoms with Gasteiger partial charge in [-0.1, -0.05) is 53.7 Å². The topological polar surface area (TPSA) is 38.7 Å². The van der Waals surface area contributed by atoms with Crippen LogP contribution in [0.3, 0.4) is 0 Å². The predicted molar refractivity (Wildman–Crippen MR) is 111 cm³/mol. The highest BCUT2D eigenvalue weighted by Gasteiger charge is 2.27. The first kappa shape index (κ1) is 19.2. The zero-order valence-electron chi connectivity index (χ0n) is 17.2. The van der Waals surface area contributed by atoms with E-state index in [0.717, 1.165) is 11.4 Å². The van der Waals surface area contributed by atoms with Gasteiger partial charge in [-0.05, 0) is 46.9 Å². The van der Waals surface area contributed by atoms with E-state index < -0.39 is 0 Å². The van der Waals surface area contributed by atoms with Gasteiger partial charge in [-0.2, -0.15) is 0 Å². The molecule has 0 bridgehead atoms. The Kier molecular flexibility index (Phi) is 5.14. The Balaban J connectivity index is 1.90. The Hall–Kier alpha value is -2.55. The molecule has 3 rings (SSSR count). The lowest BCUT2D eigenvalue weighted by Crippen LogP contribution is -2.23. The van der Waals surface area contributed by atoms with Gasteiger partial charge in [-0.3, -0.25) is 15.0 Å². The second-order valence-electron chi connectivity index (χ2n) is 8.54. The SMILES string of the molecule is CC(C)c1ccc(C(C)(C)c2ccc(C(C)(C)c3ccncc3)nc2)cn1. The maximum atomic E-state index is 4.82. The second kappa shape index (κ2) is 7.22. The van der Waals surface area contributed by atoms with E-state index in [2.05, 4.69) is 87.9 Å². The predicted octanol–water partition coefficient (Wildman–Crippen LogP) is 5.65. The van der Waals surface area contributed by atoms with Crippen LogP contribution >= 0.6 is 0 Å². The molecule has 27 heavy (non-hydrogen) atoms. The van der Waals surface area contributed by atoms with Crippen molar-refractivity contribution in [3.05, 3.63) is 89.3 Å². The van der Waals surface area contributed by atoms with Gasteiger partial charge in [-0.15, -0.1) is 0 Å². The highest BCUT2D eigenvalue weighted by molar-refractivity contribution is 5.38. The first-order chi connectivity index (χ1) is 12.7. The fourth-order valence-electron chi connectivity index (χ4n) is 3.33. The average molecular weight is 360 g/mol. The standard InChI is InChI=1S/C24H29N3/c1-17(2)21-9-7-19(15-26-21)23(3,4)20-8-10-22(27-16-20)24(5,6)18-11-13-25-14-12-18/h7-17H,1-6H3. The third-order valence-corrected chi connectivity index (χ3v) is 5.63. The summed E-state index contributed by atoms with van der Waals surface area (Å²) in [6.45, 7) is 13.2. The lowest BCUT2D eigenvalue weighted by molar-refractivity contribution is 0.601. The molecule has 3 nitrogen and oxygen atoms in total. The maximum absolute atomic E-state index is 4.82. The molecular weight excluding hydrogens is 330 g/mol. The first-order valence-electron chi connectivity index (χ1n) is 9.57. The lowest BCUT2D eigenvalue weighted by Gasteiger charge is -2.28. The highest BCUT2D eigenvalue weighted by atomic mass is 14.7. The van der Waals surface area contributed by atoms with Crippen molar-refractivity contribution < 1.29 is 0 Å².